The Morgan fingerprint density at radius 3 is 2.80 bits per heavy atom. The molecule has 0 aliphatic heterocycles. The van der Waals surface area contributed by atoms with Crippen molar-refractivity contribution in [3.05, 3.63) is 70.2 Å². The molecule has 4 rings (SSSR count). The van der Waals surface area contributed by atoms with Gasteiger partial charge in [0.05, 0.1) is 23.1 Å². The number of anilines is 1. The molecular formula is C17H10ClFN4O2. The van der Waals surface area contributed by atoms with Crippen LogP contribution in [0.3, 0.4) is 0 Å². The van der Waals surface area contributed by atoms with Crippen LogP contribution in [-0.4, -0.2) is 14.5 Å². The summed E-state index contributed by atoms with van der Waals surface area (Å²) < 4.78 is 20.6. The molecule has 0 aliphatic carbocycles. The van der Waals surface area contributed by atoms with E-state index in [4.69, 9.17) is 21.8 Å². The van der Waals surface area contributed by atoms with Crippen molar-refractivity contribution in [1.29, 1.82) is 0 Å². The summed E-state index contributed by atoms with van der Waals surface area (Å²) in [5.74, 6) is -0.818. The number of pyridine rings is 2. The molecule has 0 spiro atoms. The second-order valence-corrected chi connectivity index (χ2v) is 5.74. The standard InChI is InChI=1S/C17H10ClFN4O2/c18-9-1-2-12(19)11(5-9)13-7-14-15(8-22-13)25-17(24)23(14)10-3-4-21-16(20)6-10/h1-8H,(H2,20,21). The number of oxazole rings is 1. The van der Waals surface area contributed by atoms with Crippen molar-refractivity contribution in [1.82, 2.24) is 14.5 Å². The van der Waals surface area contributed by atoms with Gasteiger partial charge in [-0.15, -0.1) is 0 Å². The summed E-state index contributed by atoms with van der Waals surface area (Å²) in [6.45, 7) is 0. The molecule has 0 radical (unpaired) electrons. The second-order valence-electron chi connectivity index (χ2n) is 5.30. The van der Waals surface area contributed by atoms with Crippen LogP contribution in [0.25, 0.3) is 28.0 Å². The van der Waals surface area contributed by atoms with Crippen LogP contribution in [0, 0.1) is 5.82 Å². The zero-order chi connectivity index (χ0) is 17.6. The van der Waals surface area contributed by atoms with Gasteiger partial charge >= 0.3 is 5.76 Å². The number of rotatable bonds is 2. The number of aromatic nitrogens is 3. The van der Waals surface area contributed by atoms with Crippen LogP contribution in [0.1, 0.15) is 0 Å². The molecule has 0 saturated carbocycles. The highest BCUT2D eigenvalue weighted by Crippen LogP contribution is 2.27. The third kappa shape index (κ3) is 2.64. The van der Waals surface area contributed by atoms with Gasteiger partial charge in [-0.05, 0) is 30.3 Å². The maximum Gasteiger partial charge on any atom is 0.424 e. The molecule has 0 aliphatic rings. The van der Waals surface area contributed by atoms with Gasteiger partial charge in [-0.2, -0.15) is 0 Å². The van der Waals surface area contributed by atoms with Crippen LogP contribution in [0.5, 0.6) is 0 Å². The van der Waals surface area contributed by atoms with E-state index < -0.39 is 11.6 Å². The van der Waals surface area contributed by atoms with Crippen molar-refractivity contribution < 1.29 is 8.81 Å². The summed E-state index contributed by atoms with van der Waals surface area (Å²) in [7, 11) is 0. The Labute approximate surface area is 145 Å². The summed E-state index contributed by atoms with van der Waals surface area (Å²) in [5.41, 5.74) is 7.42. The molecule has 0 saturated heterocycles. The molecule has 1 aromatic carbocycles. The lowest BCUT2D eigenvalue weighted by molar-refractivity contribution is 0.539. The van der Waals surface area contributed by atoms with Gasteiger partial charge in [0.15, 0.2) is 5.58 Å². The van der Waals surface area contributed by atoms with E-state index in [9.17, 15) is 9.18 Å². The third-order valence-electron chi connectivity index (χ3n) is 3.69. The van der Waals surface area contributed by atoms with E-state index in [0.717, 1.165) is 0 Å². The Kier molecular flexibility index (Phi) is 3.51. The lowest BCUT2D eigenvalue weighted by atomic mass is 10.1. The molecule has 0 atom stereocenters. The quantitative estimate of drug-likeness (QED) is 0.594. The minimum absolute atomic E-state index is 0.226. The highest BCUT2D eigenvalue weighted by atomic mass is 35.5. The molecule has 8 heteroatoms. The first-order chi connectivity index (χ1) is 12.0. The average molecular weight is 357 g/mol. The SMILES string of the molecule is Nc1cc(-n2c(=O)oc3cnc(-c4cc(Cl)ccc4F)cc32)ccn1. The number of nitrogens with two attached hydrogens (primary N) is 1. The Morgan fingerprint density at radius 2 is 2.00 bits per heavy atom. The van der Waals surface area contributed by atoms with E-state index >= 15 is 0 Å². The highest BCUT2D eigenvalue weighted by Gasteiger charge is 2.15. The van der Waals surface area contributed by atoms with Crippen molar-refractivity contribution in [2.24, 2.45) is 0 Å². The van der Waals surface area contributed by atoms with E-state index in [1.54, 1.807) is 12.1 Å². The number of benzene rings is 1. The predicted molar refractivity (Wildman–Crippen MR) is 92.2 cm³/mol. The third-order valence-corrected chi connectivity index (χ3v) is 3.93. The minimum atomic E-state index is -0.605. The largest absolute Gasteiger partial charge is 0.424 e. The molecule has 0 fully saturated rings. The second kappa shape index (κ2) is 5.71. The molecule has 3 heterocycles. The fraction of sp³-hybridized carbons (Fsp3) is 0. The summed E-state index contributed by atoms with van der Waals surface area (Å²) in [5, 5.41) is 0.379. The molecule has 0 bridgehead atoms. The van der Waals surface area contributed by atoms with Crippen molar-refractivity contribution in [3.8, 4) is 16.9 Å². The minimum Gasteiger partial charge on any atom is -0.406 e. The summed E-state index contributed by atoms with van der Waals surface area (Å²) in [6.07, 6.45) is 2.85. The Hall–Kier alpha value is -3.19. The van der Waals surface area contributed by atoms with Gasteiger partial charge in [-0.25, -0.2) is 18.7 Å². The van der Waals surface area contributed by atoms with Crippen LogP contribution >= 0.6 is 11.6 Å². The Bertz CT molecular complexity index is 1170. The fourth-order valence-corrected chi connectivity index (χ4v) is 2.76. The van der Waals surface area contributed by atoms with Crippen LogP contribution < -0.4 is 11.5 Å². The average Bonchev–Trinajstić information content (AvgIpc) is 2.92. The Balaban J connectivity index is 1.98. The molecular weight excluding hydrogens is 347 g/mol. The number of nitrogen functional groups attached to an aromatic ring is 1. The molecule has 25 heavy (non-hydrogen) atoms. The van der Waals surface area contributed by atoms with Crippen molar-refractivity contribution >= 4 is 28.5 Å². The van der Waals surface area contributed by atoms with Crippen LogP contribution in [-0.2, 0) is 0 Å². The zero-order valence-corrected chi connectivity index (χ0v) is 13.4. The molecule has 2 N–H and O–H groups in total. The van der Waals surface area contributed by atoms with Crippen LogP contribution in [0.2, 0.25) is 5.02 Å². The zero-order valence-electron chi connectivity index (χ0n) is 12.6. The van der Waals surface area contributed by atoms with Crippen molar-refractivity contribution in [3.63, 3.8) is 0 Å². The maximum atomic E-state index is 14.1. The van der Waals surface area contributed by atoms with Gasteiger partial charge in [-0.1, -0.05) is 11.6 Å². The van der Waals surface area contributed by atoms with Gasteiger partial charge < -0.3 is 10.2 Å². The maximum absolute atomic E-state index is 14.1. The van der Waals surface area contributed by atoms with E-state index in [0.29, 0.717) is 21.9 Å². The van der Waals surface area contributed by atoms with E-state index in [-0.39, 0.29) is 17.0 Å². The molecule has 0 unspecified atom stereocenters. The number of hydrogen-bond acceptors (Lipinski definition) is 5. The normalized spacial score (nSPS) is 11.1. The number of nitrogens with zero attached hydrogens (tertiary/aromatic N) is 3. The smallest absolute Gasteiger partial charge is 0.406 e. The molecule has 3 aromatic heterocycles. The predicted octanol–water partition coefficient (Wildman–Crippen LogP) is 3.42. The van der Waals surface area contributed by atoms with Gasteiger partial charge in [0.1, 0.15) is 11.6 Å². The van der Waals surface area contributed by atoms with Crippen molar-refractivity contribution in [2.45, 2.75) is 0 Å². The van der Waals surface area contributed by atoms with Gasteiger partial charge in [0, 0.05) is 22.8 Å². The Morgan fingerprint density at radius 1 is 1.16 bits per heavy atom. The molecule has 0 amide bonds. The first-order valence-electron chi connectivity index (χ1n) is 7.22. The van der Waals surface area contributed by atoms with Gasteiger partial charge in [0.2, 0.25) is 0 Å². The van der Waals surface area contributed by atoms with Gasteiger partial charge in [-0.3, -0.25) is 4.98 Å². The van der Waals surface area contributed by atoms with Gasteiger partial charge in [0.25, 0.3) is 0 Å². The van der Waals surface area contributed by atoms with Crippen LogP contribution in [0.4, 0.5) is 10.2 Å². The highest BCUT2D eigenvalue weighted by molar-refractivity contribution is 6.30. The topological polar surface area (TPSA) is 86.9 Å². The number of fused-ring (bicyclic) bond motifs is 1. The first-order valence-corrected chi connectivity index (χ1v) is 7.59. The van der Waals surface area contributed by atoms with Crippen molar-refractivity contribution in [2.75, 3.05) is 5.73 Å². The molecule has 124 valence electrons. The molecule has 4 aromatic rings. The fourth-order valence-electron chi connectivity index (χ4n) is 2.58. The number of hydrogen-bond donors (Lipinski definition) is 1. The lowest BCUT2D eigenvalue weighted by Crippen LogP contribution is -2.12. The first kappa shape index (κ1) is 15.3. The number of halogens is 2. The van der Waals surface area contributed by atoms with E-state index in [1.165, 1.54) is 41.2 Å². The van der Waals surface area contributed by atoms with E-state index in [1.807, 2.05) is 0 Å². The summed E-state index contributed by atoms with van der Waals surface area (Å²) >= 11 is 5.94. The van der Waals surface area contributed by atoms with Crippen LogP contribution in [0.15, 0.2) is 58.0 Å². The lowest BCUT2D eigenvalue weighted by Gasteiger charge is -2.05. The summed E-state index contributed by atoms with van der Waals surface area (Å²) in [6, 6.07) is 8.90. The summed E-state index contributed by atoms with van der Waals surface area (Å²) in [4.78, 5) is 20.3. The molecule has 6 nitrogen and oxygen atoms in total. The van der Waals surface area contributed by atoms with E-state index in [2.05, 4.69) is 9.97 Å². The monoisotopic (exact) mass is 356 g/mol.